The van der Waals surface area contributed by atoms with Gasteiger partial charge in [-0.25, -0.2) is 9.38 Å². The van der Waals surface area contributed by atoms with E-state index in [1.807, 2.05) is 0 Å². The summed E-state index contributed by atoms with van der Waals surface area (Å²) >= 11 is 0. The first-order valence-corrected chi connectivity index (χ1v) is 10.3. The second-order valence-electron chi connectivity index (χ2n) is 8.13. The number of nitrogens with zero attached hydrogens (tertiary/aromatic N) is 1. The summed E-state index contributed by atoms with van der Waals surface area (Å²) in [6.07, 6.45) is -4.74. The second-order valence-corrected chi connectivity index (χ2v) is 8.13. The molecule has 2 heterocycles. The van der Waals surface area contributed by atoms with E-state index in [9.17, 15) is 17.6 Å². The van der Waals surface area contributed by atoms with Crippen LogP contribution in [0.4, 0.5) is 17.6 Å². The number of hydrogen-bond acceptors (Lipinski definition) is 6. The van der Waals surface area contributed by atoms with Gasteiger partial charge in [-0.3, -0.25) is 0 Å². The number of aliphatic imine (C=N–C) groups is 1. The van der Waals surface area contributed by atoms with Crippen LogP contribution in [-0.2, 0) is 21.6 Å². The Balaban J connectivity index is 1.73. The largest absolute Gasteiger partial charge is 0.497 e. The highest BCUT2D eigenvalue weighted by atomic mass is 19.4. The van der Waals surface area contributed by atoms with Gasteiger partial charge in [-0.05, 0) is 25.1 Å². The van der Waals surface area contributed by atoms with Crippen LogP contribution in [0.5, 0.6) is 11.5 Å². The zero-order chi connectivity index (χ0) is 23.9. The molecule has 0 spiro atoms. The van der Waals surface area contributed by atoms with Crippen LogP contribution in [-0.4, -0.2) is 45.2 Å². The number of methoxy groups -OCH3 is 2. The third-order valence-electron chi connectivity index (χ3n) is 6.28. The maximum Gasteiger partial charge on any atom is 0.416 e. The van der Waals surface area contributed by atoms with E-state index in [1.165, 1.54) is 39.3 Å². The molecule has 3 atom stereocenters. The van der Waals surface area contributed by atoms with Crippen molar-refractivity contribution >= 4 is 6.02 Å². The van der Waals surface area contributed by atoms with E-state index in [0.29, 0.717) is 17.1 Å². The zero-order valence-corrected chi connectivity index (χ0v) is 18.3. The van der Waals surface area contributed by atoms with Crippen LogP contribution in [0, 0.1) is 11.7 Å². The van der Waals surface area contributed by atoms with Gasteiger partial charge in [-0.2, -0.15) is 13.2 Å². The lowest BCUT2D eigenvalue weighted by Crippen LogP contribution is -2.62. The highest BCUT2D eigenvalue weighted by molar-refractivity contribution is 5.76. The monoisotopic (exact) mass is 468 g/mol. The Hall–Kier alpha value is -3.01. The molecular formula is C23H24F4N2O4. The fourth-order valence-corrected chi connectivity index (χ4v) is 4.47. The van der Waals surface area contributed by atoms with E-state index in [0.717, 1.165) is 0 Å². The first-order chi connectivity index (χ1) is 15.6. The number of amidine groups is 1. The highest BCUT2D eigenvalue weighted by Gasteiger charge is 2.70. The molecule has 2 aliphatic heterocycles. The van der Waals surface area contributed by atoms with Gasteiger partial charge in [-0.15, -0.1) is 0 Å². The van der Waals surface area contributed by atoms with Gasteiger partial charge in [0.2, 0.25) is 0 Å². The Labute approximate surface area is 188 Å². The van der Waals surface area contributed by atoms with Gasteiger partial charge >= 0.3 is 6.18 Å². The molecular weight excluding hydrogens is 444 g/mol. The fraction of sp³-hybridized carbons (Fsp3) is 0.435. The lowest BCUT2D eigenvalue weighted by atomic mass is 9.71. The molecule has 0 aliphatic carbocycles. The molecule has 10 heteroatoms. The molecule has 0 bridgehead atoms. The highest BCUT2D eigenvalue weighted by Crippen LogP contribution is 2.54. The van der Waals surface area contributed by atoms with Crippen molar-refractivity contribution in [1.82, 2.24) is 5.32 Å². The van der Waals surface area contributed by atoms with Gasteiger partial charge in [0.05, 0.1) is 33.4 Å². The van der Waals surface area contributed by atoms with Gasteiger partial charge in [0.25, 0.3) is 6.02 Å². The lowest BCUT2D eigenvalue weighted by molar-refractivity contribution is -0.217. The minimum atomic E-state index is -4.74. The molecule has 33 heavy (non-hydrogen) atoms. The van der Waals surface area contributed by atoms with Gasteiger partial charge in [0, 0.05) is 23.7 Å². The molecule has 6 nitrogen and oxygen atoms in total. The Morgan fingerprint density at radius 3 is 2.58 bits per heavy atom. The maximum absolute atomic E-state index is 14.8. The number of rotatable bonds is 5. The summed E-state index contributed by atoms with van der Waals surface area (Å²) in [5.74, 6) is -0.900. The average Bonchev–Trinajstić information content (AvgIpc) is 3.24. The number of fused-ring (bicyclic) bond motifs is 1. The maximum atomic E-state index is 14.8. The quantitative estimate of drug-likeness (QED) is 0.668. The van der Waals surface area contributed by atoms with Crippen molar-refractivity contribution in [2.75, 3.05) is 27.4 Å². The van der Waals surface area contributed by atoms with Gasteiger partial charge in [-0.1, -0.05) is 18.2 Å². The third kappa shape index (κ3) is 3.86. The topological polar surface area (TPSA) is 61.3 Å². The van der Waals surface area contributed by atoms with Crippen LogP contribution in [0.3, 0.4) is 0 Å². The standard InChI is InChI=1S/C23H24F4N2O4/c1-21(16-6-4-5-7-17(16)24)19-12-32-13-22(19,23(25,26)27)29-20(33-21)28-11-14-8-9-15(30-2)10-18(14)31-3/h4-10,19H,11-13H2,1-3H3,(H,28,29)/t19-,21+,22+/m0/s1. The minimum Gasteiger partial charge on any atom is -0.497 e. The summed E-state index contributed by atoms with van der Waals surface area (Å²) in [5.41, 5.74) is -3.60. The molecule has 2 aromatic carbocycles. The summed E-state index contributed by atoms with van der Waals surface area (Å²) in [5, 5.41) is 2.83. The van der Waals surface area contributed by atoms with E-state index in [2.05, 4.69) is 10.3 Å². The second kappa shape index (κ2) is 8.40. The summed E-state index contributed by atoms with van der Waals surface area (Å²) in [6, 6.07) is 10.4. The number of alkyl halides is 3. The molecule has 2 aromatic rings. The van der Waals surface area contributed by atoms with Crippen LogP contribution in [0.15, 0.2) is 47.5 Å². The van der Waals surface area contributed by atoms with Crippen LogP contribution < -0.4 is 14.8 Å². The van der Waals surface area contributed by atoms with Crippen molar-refractivity contribution in [1.29, 1.82) is 0 Å². The SMILES string of the molecule is COc1ccc(CNC2=N[C@]3(C(F)(F)F)COC[C@H]3[C@@](C)(c3ccccc3F)O2)c(OC)c1. The zero-order valence-electron chi connectivity index (χ0n) is 18.3. The number of ether oxygens (including phenoxy) is 4. The molecule has 1 fully saturated rings. The van der Waals surface area contributed by atoms with E-state index in [4.69, 9.17) is 18.9 Å². The van der Waals surface area contributed by atoms with Crippen LogP contribution in [0.25, 0.3) is 0 Å². The van der Waals surface area contributed by atoms with Gasteiger partial charge in [0.15, 0.2) is 5.54 Å². The Morgan fingerprint density at radius 2 is 1.91 bits per heavy atom. The predicted octanol–water partition coefficient (Wildman–Crippen LogP) is 4.18. The number of benzene rings is 2. The smallest absolute Gasteiger partial charge is 0.416 e. The van der Waals surface area contributed by atoms with E-state index >= 15 is 0 Å². The normalized spacial score (nSPS) is 26.8. The van der Waals surface area contributed by atoms with Crippen LogP contribution in [0.2, 0.25) is 0 Å². The molecule has 0 saturated carbocycles. The number of hydrogen-bond donors (Lipinski definition) is 1. The summed E-state index contributed by atoms with van der Waals surface area (Å²) < 4.78 is 79.7. The molecule has 1 N–H and O–H groups in total. The number of halogens is 4. The van der Waals surface area contributed by atoms with Crippen LogP contribution in [0.1, 0.15) is 18.1 Å². The van der Waals surface area contributed by atoms with Gasteiger partial charge in [0.1, 0.15) is 22.9 Å². The first-order valence-electron chi connectivity index (χ1n) is 10.3. The number of nitrogens with one attached hydrogen (secondary N) is 1. The summed E-state index contributed by atoms with van der Waals surface area (Å²) in [6.45, 7) is 0.549. The Bertz CT molecular complexity index is 1060. The fourth-order valence-electron chi connectivity index (χ4n) is 4.47. The van der Waals surface area contributed by atoms with Crippen LogP contribution >= 0.6 is 0 Å². The van der Waals surface area contributed by atoms with Crippen molar-refractivity contribution in [2.45, 2.75) is 30.8 Å². The summed E-state index contributed by atoms with van der Waals surface area (Å²) in [4.78, 5) is 3.95. The minimum absolute atomic E-state index is 0.00496. The predicted molar refractivity (Wildman–Crippen MR) is 112 cm³/mol. The average molecular weight is 468 g/mol. The van der Waals surface area contributed by atoms with Crippen molar-refractivity contribution in [3.63, 3.8) is 0 Å². The molecule has 0 unspecified atom stereocenters. The molecule has 0 aromatic heterocycles. The molecule has 0 radical (unpaired) electrons. The van der Waals surface area contributed by atoms with E-state index < -0.39 is 35.7 Å². The van der Waals surface area contributed by atoms with E-state index in [1.54, 1.807) is 24.3 Å². The molecule has 178 valence electrons. The Morgan fingerprint density at radius 1 is 1.15 bits per heavy atom. The molecule has 2 aliphatic rings. The first kappa shape index (κ1) is 23.2. The molecule has 1 saturated heterocycles. The van der Waals surface area contributed by atoms with Crippen molar-refractivity contribution < 1.29 is 36.5 Å². The summed E-state index contributed by atoms with van der Waals surface area (Å²) in [7, 11) is 2.98. The van der Waals surface area contributed by atoms with E-state index in [-0.39, 0.29) is 24.7 Å². The molecule has 4 rings (SSSR count). The molecule has 0 amide bonds. The Kier molecular flexibility index (Phi) is 5.90. The van der Waals surface area contributed by atoms with Crippen molar-refractivity contribution in [2.24, 2.45) is 10.9 Å². The van der Waals surface area contributed by atoms with Crippen molar-refractivity contribution in [3.8, 4) is 11.5 Å². The lowest BCUT2D eigenvalue weighted by Gasteiger charge is -2.47. The third-order valence-corrected chi connectivity index (χ3v) is 6.28. The van der Waals surface area contributed by atoms with Crippen molar-refractivity contribution in [3.05, 3.63) is 59.4 Å². The van der Waals surface area contributed by atoms with Gasteiger partial charge < -0.3 is 24.3 Å².